The van der Waals surface area contributed by atoms with Gasteiger partial charge in [0.05, 0.1) is 11.7 Å². The molecule has 0 bridgehead atoms. The Morgan fingerprint density at radius 1 is 1.04 bits per heavy atom. The Labute approximate surface area is 152 Å². The first-order valence-corrected chi connectivity index (χ1v) is 8.52. The Morgan fingerprint density at radius 3 is 2.42 bits per heavy atom. The zero-order valence-electron chi connectivity index (χ0n) is 14.8. The van der Waals surface area contributed by atoms with Crippen LogP contribution in [0.2, 0.25) is 0 Å². The Hall–Kier alpha value is -3.21. The van der Waals surface area contributed by atoms with E-state index in [1.54, 1.807) is 6.07 Å². The summed E-state index contributed by atoms with van der Waals surface area (Å²) in [4.78, 5) is 24.4. The first kappa shape index (κ1) is 17.6. The molecule has 1 N–H and O–H groups in total. The number of hydrogen-bond donors (Lipinski definition) is 1. The Bertz CT molecular complexity index is 947. The molecule has 1 atom stereocenters. The maximum absolute atomic E-state index is 12.3. The predicted octanol–water partition coefficient (Wildman–Crippen LogP) is 3.10. The van der Waals surface area contributed by atoms with Crippen LogP contribution in [0.3, 0.4) is 0 Å². The van der Waals surface area contributed by atoms with E-state index in [1.807, 2.05) is 68.4 Å². The first-order valence-electron chi connectivity index (χ1n) is 8.52. The van der Waals surface area contributed by atoms with Crippen molar-refractivity contribution < 1.29 is 4.79 Å². The topological polar surface area (TPSA) is 64.0 Å². The van der Waals surface area contributed by atoms with Gasteiger partial charge in [-0.05, 0) is 25.5 Å². The Morgan fingerprint density at radius 2 is 1.73 bits per heavy atom. The zero-order valence-corrected chi connectivity index (χ0v) is 14.8. The van der Waals surface area contributed by atoms with Gasteiger partial charge in [0.15, 0.2) is 0 Å². The maximum Gasteiger partial charge on any atom is 0.267 e. The van der Waals surface area contributed by atoms with Crippen LogP contribution in [0.4, 0.5) is 0 Å². The fraction of sp³-hybridized carbons (Fsp3) is 0.190. The van der Waals surface area contributed by atoms with Crippen LogP contribution in [0.15, 0.2) is 71.5 Å². The van der Waals surface area contributed by atoms with Crippen molar-refractivity contribution in [2.75, 3.05) is 0 Å². The number of amides is 1. The average molecular weight is 347 g/mol. The van der Waals surface area contributed by atoms with E-state index < -0.39 is 0 Å². The Kier molecular flexibility index (Phi) is 5.27. The van der Waals surface area contributed by atoms with Gasteiger partial charge in [-0.1, -0.05) is 60.2 Å². The summed E-state index contributed by atoms with van der Waals surface area (Å²) < 4.78 is 1.20. The number of carbonyl (C=O) groups is 1. The van der Waals surface area contributed by atoms with Gasteiger partial charge in [0.2, 0.25) is 5.91 Å². The summed E-state index contributed by atoms with van der Waals surface area (Å²) in [6.45, 7) is 3.80. The van der Waals surface area contributed by atoms with Gasteiger partial charge in [0.25, 0.3) is 5.56 Å². The van der Waals surface area contributed by atoms with Crippen LogP contribution in [0.1, 0.15) is 24.1 Å². The summed E-state index contributed by atoms with van der Waals surface area (Å²) >= 11 is 0. The van der Waals surface area contributed by atoms with E-state index in [4.69, 9.17) is 0 Å². The number of benzene rings is 2. The number of rotatable bonds is 5. The summed E-state index contributed by atoms with van der Waals surface area (Å²) in [5.41, 5.74) is 3.42. The molecule has 0 saturated heterocycles. The van der Waals surface area contributed by atoms with Crippen molar-refractivity contribution in [2.24, 2.45) is 0 Å². The van der Waals surface area contributed by atoms with Gasteiger partial charge in [-0.15, -0.1) is 0 Å². The van der Waals surface area contributed by atoms with E-state index in [2.05, 4.69) is 10.4 Å². The lowest BCUT2D eigenvalue weighted by Gasteiger charge is -2.14. The molecule has 2 aromatic carbocycles. The molecule has 0 fully saturated rings. The Balaban J connectivity index is 1.74. The van der Waals surface area contributed by atoms with Crippen LogP contribution in [0.5, 0.6) is 0 Å². The van der Waals surface area contributed by atoms with Crippen molar-refractivity contribution in [3.8, 4) is 11.3 Å². The molecule has 26 heavy (non-hydrogen) atoms. The van der Waals surface area contributed by atoms with E-state index in [9.17, 15) is 9.59 Å². The van der Waals surface area contributed by atoms with E-state index in [-0.39, 0.29) is 24.1 Å². The lowest BCUT2D eigenvalue weighted by molar-refractivity contribution is -0.122. The molecule has 0 radical (unpaired) electrons. The van der Waals surface area contributed by atoms with Gasteiger partial charge in [0.1, 0.15) is 6.54 Å². The minimum absolute atomic E-state index is 0.115. The second kappa shape index (κ2) is 7.78. The summed E-state index contributed by atoms with van der Waals surface area (Å²) in [6, 6.07) is 20.5. The van der Waals surface area contributed by atoms with Gasteiger partial charge in [0, 0.05) is 11.6 Å². The number of aromatic nitrogens is 2. The highest BCUT2D eigenvalue weighted by molar-refractivity contribution is 5.76. The highest BCUT2D eigenvalue weighted by Gasteiger charge is 2.12. The molecule has 3 aromatic rings. The second-order valence-electron chi connectivity index (χ2n) is 6.28. The molecule has 5 nitrogen and oxygen atoms in total. The quantitative estimate of drug-likeness (QED) is 0.771. The van der Waals surface area contributed by atoms with Crippen LogP contribution < -0.4 is 10.9 Å². The minimum atomic E-state index is -0.302. The summed E-state index contributed by atoms with van der Waals surface area (Å²) in [5, 5.41) is 7.24. The number of nitrogens with one attached hydrogen (secondary N) is 1. The molecule has 1 amide bonds. The smallest absolute Gasteiger partial charge is 0.267 e. The van der Waals surface area contributed by atoms with Crippen LogP contribution in [0, 0.1) is 6.92 Å². The molecular weight excluding hydrogens is 326 g/mol. The standard InChI is InChI=1S/C21H21N3O2/c1-15-8-10-18(11-9-15)19-12-13-21(26)24(23-19)14-20(25)22-16(2)17-6-4-3-5-7-17/h3-13,16H,14H2,1-2H3,(H,22,25)/t16-/m1/s1. The van der Waals surface area contributed by atoms with Crippen molar-refractivity contribution in [1.82, 2.24) is 15.1 Å². The maximum atomic E-state index is 12.3. The highest BCUT2D eigenvalue weighted by atomic mass is 16.2. The number of carbonyl (C=O) groups excluding carboxylic acids is 1. The van der Waals surface area contributed by atoms with Crippen molar-refractivity contribution >= 4 is 5.91 Å². The van der Waals surface area contributed by atoms with Gasteiger partial charge < -0.3 is 5.32 Å². The van der Waals surface area contributed by atoms with Crippen LogP contribution in [-0.2, 0) is 11.3 Å². The number of aryl methyl sites for hydroxylation is 1. The molecule has 0 unspecified atom stereocenters. The summed E-state index contributed by atoms with van der Waals surface area (Å²) in [7, 11) is 0. The molecule has 1 heterocycles. The molecule has 0 spiro atoms. The van der Waals surface area contributed by atoms with Crippen LogP contribution in [-0.4, -0.2) is 15.7 Å². The molecular formula is C21H21N3O2. The lowest BCUT2D eigenvalue weighted by Crippen LogP contribution is -2.34. The predicted molar refractivity (Wildman–Crippen MR) is 102 cm³/mol. The second-order valence-corrected chi connectivity index (χ2v) is 6.28. The minimum Gasteiger partial charge on any atom is -0.348 e. The third kappa shape index (κ3) is 4.25. The third-order valence-electron chi connectivity index (χ3n) is 4.18. The lowest BCUT2D eigenvalue weighted by atomic mass is 10.1. The van der Waals surface area contributed by atoms with Crippen molar-refractivity contribution in [1.29, 1.82) is 0 Å². The van der Waals surface area contributed by atoms with Gasteiger partial charge in [-0.25, -0.2) is 4.68 Å². The monoisotopic (exact) mass is 347 g/mol. The van der Waals surface area contributed by atoms with Gasteiger partial charge >= 0.3 is 0 Å². The molecule has 132 valence electrons. The normalized spacial score (nSPS) is 11.8. The van der Waals surface area contributed by atoms with E-state index >= 15 is 0 Å². The number of nitrogens with zero attached hydrogens (tertiary/aromatic N) is 2. The van der Waals surface area contributed by atoms with Crippen molar-refractivity contribution in [3.63, 3.8) is 0 Å². The molecule has 5 heteroatoms. The number of hydrogen-bond acceptors (Lipinski definition) is 3. The summed E-state index contributed by atoms with van der Waals surface area (Å²) in [5.74, 6) is -0.253. The zero-order chi connectivity index (χ0) is 18.5. The van der Waals surface area contributed by atoms with E-state index in [0.29, 0.717) is 5.69 Å². The van der Waals surface area contributed by atoms with E-state index in [0.717, 1.165) is 16.7 Å². The molecule has 3 rings (SSSR count). The van der Waals surface area contributed by atoms with Crippen molar-refractivity contribution in [3.05, 3.63) is 88.2 Å². The van der Waals surface area contributed by atoms with Crippen LogP contribution >= 0.6 is 0 Å². The summed E-state index contributed by atoms with van der Waals surface area (Å²) in [6.07, 6.45) is 0. The molecule has 0 saturated carbocycles. The molecule has 0 aliphatic rings. The van der Waals surface area contributed by atoms with Gasteiger partial charge in [-0.3, -0.25) is 9.59 Å². The largest absolute Gasteiger partial charge is 0.348 e. The van der Waals surface area contributed by atoms with Gasteiger partial charge in [-0.2, -0.15) is 5.10 Å². The molecule has 1 aromatic heterocycles. The highest BCUT2D eigenvalue weighted by Crippen LogP contribution is 2.16. The first-order chi connectivity index (χ1) is 12.5. The van der Waals surface area contributed by atoms with Crippen LogP contribution in [0.25, 0.3) is 11.3 Å². The molecule has 0 aliphatic carbocycles. The van der Waals surface area contributed by atoms with E-state index in [1.165, 1.54) is 10.7 Å². The van der Waals surface area contributed by atoms with Crippen molar-refractivity contribution in [2.45, 2.75) is 26.4 Å². The average Bonchev–Trinajstić information content (AvgIpc) is 2.65. The SMILES string of the molecule is Cc1ccc(-c2ccc(=O)n(CC(=O)N[C@H](C)c3ccccc3)n2)cc1. The molecule has 0 aliphatic heterocycles. The third-order valence-corrected chi connectivity index (χ3v) is 4.18. The fourth-order valence-electron chi connectivity index (χ4n) is 2.69. The fourth-order valence-corrected chi connectivity index (χ4v) is 2.69.